The van der Waals surface area contributed by atoms with Gasteiger partial charge in [0, 0.05) is 24.0 Å². The molecule has 1 fully saturated rings. The van der Waals surface area contributed by atoms with Gasteiger partial charge in [0.1, 0.15) is 5.82 Å². The van der Waals surface area contributed by atoms with Crippen molar-refractivity contribution in [2.75, 3.05) is 13.1 Å². The number of aromatic nitrogens is 2. The summed E-state index contributed by atoms with van der Waals surface area (Å²) in [5.41, 5.74) is 0.646. The van der Waals surface area contributed by atoms with Crippen molar-refractivity contribution in [3.8, 4) is 11.4 Å². The van der Waals surface area contributed by atoms with Gasteiger partial charge in [0.15, 0.2) is 0 Å². The standard InChI is InChI=1S/C23H20FN3O3S/c24-19-12-10-17(11-13-19)22-25-23(30-26-22)18-7-4-14-27(15-18)31(28,29)21-9-3-6-16-5-1-2-8-20(16)21/h1-3,5-6,8-13,18H,4,7,14-15H2/t18-/m1/s1. The number of rotatable bonds is 4. The van der Waals surface area contributed by atoms with Crippen LogP contribution in [0.2, 0.25) is 0 Å². The van der Waals surface area contributed by atoms with Crippen LogP contribution in [0.4, 0.5) is 4.39 Å². The summed E-state index contributed by atoms with van der Waals surface area (Å²) in [5, 5.41) is 5.60. The maximum Gasteiger partial charge on any atom is 0.243 e. The average Bonchev–Trinajstić information content (AvgIpc) is 3.29. The summed E-state index contributed by atoms with van der Waals surface area (Å²) in [6.45, 7) is 0.720. The number of halogens is 1. The number of hydrogen-bond donors (Lipinski definition) is 0. The normalized spacial score (nSPS) is 17.8. The van der Waals surface area contributed by atoms with Gasteiger partial charge in [0.05, 0.1) is 10.8 Å². The zero-order valence-corrected chi connectivity index (χ0v) is 17.4. The Morgan fingerprint density at radius 1 is 1.00 bits per heavy atom. The van der Waals surface area contributed by atoms with Gasteiger partial charge >= 0.3 is 0 Å². The first-order valence-electron chi connectivity index (χ1n) is 10.1. The topological polar surface area (TPSA) is 76.3 Å². The van der Waals surface area contributed by atoms with Crippen LogP contribution < -0.4 is 0 Å². The van der Waals surface area contributed by atoms with E-state index in [4.69, 9.17) is 4.52 Å². The minimum Gasteiger partial charge on any atom is -0.339 e. The Labute approximate surface area is 179 Å². The van der Waals surface area contributed by atoms with Crippen LogP contribution in [0.25, 0.3) is 22.2 Å². The maximum atomic E-state index is 13.5. The van der Waals surface area contributed by atoms with E-state index in [1.54, 1.807) is 24.3 Å². The lowest BCUT2D eigenvalue weighted by Gasteiger charge is -2.30. The fourth-order valence-electron chi connectivity index (χ4n) is 4.04. The van der Waals surface area contributed by atoms with E-state index in [0.717, 1.165) is 11.8 Å². The number of piperidine rings is 1. The molecule has 0 unspecified atom stereocenters. The fourth-order valence-corrected chi connectivity index (χ4v) is 5.78. The van der Waals surface area contributed by atoms with E-state index in [9.17, 15) is 12.8 Å². The number of hydrogen-bond acceptors (Lipinski definition) is 5. The van der Waals surface area contributed by atoms with E-state index < -0.39 is 10.0 Å². The molecule has 1 saturated heterocycles. The summed E-state index contributed by atoms with van der Waals surface area (Å²) in [5.74, 6) is 0.232. The highest BCUT2D eigenvalue weighted by Crippen LogP contribution is 2.32. The molecule has 0 N–H and O–H groups in total. The van der Waals surface area contributed by atoms with Gasteiger partial charge in [-0.1, -0.05) is 41.6 Å². The molecule has 4 aromatic rings. The predicted octanol–water partition coefficient (Wildman–Crippen LogP) is 4.60. The lowest BCUT2D eigenvalue weighted by Crippen LogP contribution is -2.39. The molecule has 3 aromatic carbocycles. The number of fused-ring (bicyclic) bond motifs is 1. The quantitative estimate of drug-likeness (QED) is 0.466. The van der Waals surface area contributed by atoms with Crippen LogP contribution >= 0.6 is 0 Å². The number of sulfonamides is 1. The molecule has 6 nitrogen and oxygen atoms in total. The van der Waals surface area contributed by atoms with Crippen LogP contribution in [0.15, 0.2) is 76.1 Å². The molecule has 0 bridgehead atoms. The number of benzene rings is 3. The Hall–Kier alpha value is -3.10. The van der Waals surface area contributed by atoms with Crippen molar-refractivity contribution in [1.29, 1.82) is 0 Å². The van der Waals surface area contributed by atoms with Crippen LogP contribution in [0.5, 0.6) is 0 Å². The van der Waals surface area contributed by atoms with Crippen LogP contribution in [0.3, 0.4) is 0 Å². The molecule has 1 aliphatic heterocycles. The van der Waals surface area contributed by atoms with Crippen LogP contribution in [-0.4, -0.2) is 36.0 Å². The molecule has 158 valence electrons. The van der Waals surface area contributed by atoms with Crippen molar-refractivity contribution >= 4 is 20.8 Å². The molecular weight excluding hydrogens is 417 g/mol. The van der Waals surface area contributed by atoms with Crippen molar-refractivity contribution in [2.45, 2.75) is 23.7 Å². The lowest BCUT2D eigenvalue weighted by atomic mass is 10.00. The van der Waals surface area contributed by atoms with Gasteiger partial charge in [-0.25, -0.2) is 12.8 Å². The maximum absolute atomic E-state index is 13.5. The van der Waals surface area contributed by atoms with Crippen molar-refractivity contribution in [3.63, 3.8) is 0 Å². The summed E-state index contributed by atoms with van der Waals surface area (Å²) in [6.07, 6.45) is 1.45. The largest absolute Gasteiger partial charge is 0.339 e. The second-order valence-electron chi connectivity index (χ2n) is 7.64. The van der Waals surface area contributed by atoms with Crippen LogP contribution in [0, 0.1) is 5.82 Å². The molecule has 5 rings (SSSR count). The van der Waals surface area contributed by atoms with Crippen molar-refractivity contribution in [3.05, 3.63) is 78.4 Å². The Bertz CT molecular complexity index is 1330. The molecule has 8 heteroatoms. The molecule has 2 heterocycles. The molecule has 0 spiro atoms. The van der Waals surface area contributed by atoms with Gasteiger partial charge in [-0.2, -0.15) is 9.29 Å². The van der Waals surface area contributed by atoms with E-state index >= 15 is 0 Å². The SMILES string of the molecule is O=S(=O)(c1cccc2ccccc12)N1CCC[C@@H](c2nc(-c3ccc(F)cc3)no2)C1. The molecule has 0 saturated carbocycles. The Balaban J connectivity index is 1.42. The summed E-state index contributed by atoms with van der Waals surface area (Å²) < 4.78 is 47.0. The summed E-state index contributed by atoms with van der Waals surface area (Å²) in [6, 6.07) is 18.6. The van der Waals surface area contributed by atoms with Gasteiger partial charge in [-0.05, 0) is 48.6 Å². The molecule has 1 aliphatic rings. The highest BCUT2D eigenvalue weighted by atomic mass is 32.2. The monoisotopic (exact) mass is 437 g/mol. The van der Waals surface area contributed by atoms with Gasteiger partial charge in [-0.15, -0.1) is 0 Å². The second kappa shape index (κ2) is 7.86. The van der Waals surface area contributed by atoms with Crippen molar-refractivity contribution in [1.82, 2.24) is 14.4 Å². The average molecular weight is 437 g/mol. The van der Waals surface area contributed by atoms with Gasteiger partial charge in [-0.3, -0.25) is 0 Å². The van der Waals surface area contributed by atoms with E-state index in [1.807, 2.05) is 30.3 Å². The third-order valence-corrected chi connectivity index (χ3v) is 7.57. The Morgan fingerprint density at radius 2 is 1.77 bits per heavy atom. The smallest absolute Gasteiger partial charge is 0.243 e. The molecule has 1 atom stereocenters. The predicted molar refractivity (Wildman–Crippen MR) is 114 cm³/mol. The van der Waals surface area contributed by atoms with Gasteiger partial charge < -0.3 is 4.52 Å². The molecule has 1 aromatic heterocycles. The molecular formula is C23H20FN3O3S. The molecule has 31 heavy (non-hydrogen) atoms. The Kier molecular flexibility index (Phi) is 5.03. The Morgan fingerprint density at radius 3 is 2.61 bits per heavy atom. The minimum atomic E-state index is -3.68. The highest BCUT2D eigenvalue weighted by molar-refractivity contribution is 7.89. The zero-order valence-electron chi connectivity index (χ0n) is 16.6. The molecule has 0 aliphatic carbocycles. The third-order valence-electron chi connectivity index (χ3n) is 5.64. The summed E-state index contributed by atoms with van der Waals surface area (Å²) in [4.78, 5) is 4.76. The number of nitrogens with zero attached hydrogens (tertiary/aromatic N) is 3. The van der Waals surface area contributed by atoms with E-state index in [1.165, 1.54) is 16.4 Å². The van der Waals surface area contributed by atoms with Crippen molar-refractivity contribution in [2.24, 2.45) is 0 Å². The van der Waals surface area contributed by atoms with E-state index in [2.05, 4.69) is 10.1 Å². The van der Waals surface area contributed by atoms with Crippen LogP contribution in [-0.2, 0) is 10.0 Å². The van der Waals surface area contributed by atoms with E-state index in [0.29, 0.717) is 40.5 Å². The van der Waals surface area contributed by atoms with E-state index in [-0.39, 0.29) is 18.3 Å². The van der Waals surface area contributed by atoms with Crippen molar-refractivity contribution < 1.29 is 17.3 Å². The first-order chi connectivity index (χ1) is 15.0. The summed E-state index contributed by atoms with van der Waals surface area (Å²) >= 11 is 0. The third kappa shape index (κ3) is 3.73. The van der Waals surface area contributed by atoms with Gasteiger partial charge in [0.2, 0.25) is 21.7 Å². The second-order valence-corrected chi connectivity index (χ2v) is 9.55. The first-order valence-corrected chi connectivity index (χ1v) is 11.5. The zero-order chi connectivity index (χ0) is 21.4. The fraction of sp³-hybridized carbons (Fsp3) is 0.217. The highest BCUT2D eigenvalue weighted by Gasteiger charge is 2.34. The van der Waals surface area contributed by atoms with Crippen LogP contribution in [0.1, 0.15) is 24.7 Å². The molecule has 0 radical (unpaired) electrons. The summed E-state index contributed by atoms with van der Waals surface area (Å²) in [7, 11) is -3.68. The van der Waals surface area contributed by atoms with Gasteiger partial charge in [0.25, 0.3) is 0 Å². The molecule has 0 amide bonds. The minimum absolute atomic E-state index is 0.194. The lowest BCUT2D eigenvalue weighted by molar-refractivity contribution is 0.266. The first kappa shape index (κ1) is 19.8.